The lowest BCUT2D eigenvalue weighted by Gasteiger charge is -2.04. The summed E-state index contributed by atoms with van der Waals surface area (Å²) in [6.07, 6.45) is 0. The maximum atomic E-state index is 11.0. The van der Waals surface area contributed by atoms with Crippen molar-refractivity contribution in [2.24, 2.45) is 9.98 Å². The Bertz CT molecular complexity index is 548. The minimum Gasteiger partial charge on any atom is -0.492 e. The number of amides is 2. The highest BCUT2D eigenvalue weighted by molar-refractivity contribution is 6.36. The van der Waals surface area contributed by atoms with E-state index in [9.17, 15) is 9.59 Å². The van der Waals surface area contributed by atoms with Gasteiger partial charge in [-0.15, -0.1) is 0 Å². The second-order valence-electron chi connectivity index (χ2n) is 2.89. The molecule has 1 aromatic rings. The van der Waals surface area contributed by atoms with Gasteiger partial charge in [0.05, 0.1) is 12.0 Å². The molecule has 5 nitrogen and oxygen atoms in total. The second kappa shape index (κ2) is 3.61. The van der Waals surface area contributed by atoms with Gasteiger partial charge in [0.2, 0.25) is 0 Å². The monoisotopic (exact) mass is 204 g/mol. The summed E-state index contributed by atoms with van der Waals surface area (Å²) >= 11 is 0. The first kappa shape index (κ1) is 9.51. The number of hydrogen-bond acceptors (Lipinski definition) is 3. The molecule has 0 radical (unpaired) electrons. The number of hydrogen-bond donors (Lipinski definition) is 0. The zero-order valence-electron chi connectivity index (χ0n) is 8.06. The van der Waals surface area contributed by atoms with Gasteiger partial charge in [-0.3, -0.25) is 9.59 Å². The molecule has 0 aliphatic carbocycles. The minimum atomic E-state index is -0.852. The summed E-state index contributed by atoms with van der Waals surface area (Å²) in [5.41, 5.74) is 0. The van der Waals surface area contributed by atoms with Crippen LogP contribution in [0.5, 0.6) is 5.75 Å². The summed E-state index contributed by atoms with van der Waals surface area (Å²) in [6.45, 7) is 2.29. The van der Waals surface area contributed by atoms with Gasteiger partial charge in [-0.05, 0) is 19.1 Å². The number of carbonyl (C=O) groups excluding carboxylic acids is 2. The Hall–Kier alpha value is -2.04. The lowest BCUT2D eigenvalue weighted by molar-refractivity contribution is -0.135. The third-order valence-electron chi connectivity index (χ3n) is 1.90. The zero-order valence-corrected chi connectivity index (χ0v) is 8.06. The van der Waals surface area contributed by atoms with Crippen LogP contribution in [-0.4, -0.2) is 18.4 Å². The van der Waals surface area contributed by atoms with Crippen molar-refractivity contribution in [3.05, 3.63) is 28.9 Å². The zero-order chi connectivity index (χ0) is 10.8. The summed E-state index contributed by atoms with van der Waals surface area (Å²) in [5.74, 6) is -1.22. The minimum absolute atomic E-state index is 0.337. The van der Waals surface area contributed by atoms with Crippen molar-refractivity contribution in [3.63, 3.8) is 0 Å². The molecule has 0 bridgehead atoms. The van der Waals surface area contributed by atoms with Crippen LogP contribution < -0.4 is 15.5 Å². The largest absolute Gasteiger partial charge is 0.492 e. The SMILES string of the molecule is CCOc1cccc2c1=NC(=O)C(=O)N=2. The van der Waals surface area contributed by atoms with Crippen LogP contribution in [0.1, 0.15) is 6.92 Å². The first-order valence-corrected chi connectivity index (χ1v) is 4.50. The molecule has 0 atom stereocenters. The van der Waals surface area contributed by atoms with Gasteiger partial charge in [-0.25, -0.2) is 4.99 Å². The van der Waals surface area contributed by atoms with Crippen molar-refractivity contribution in [1.29, 1.82) is 0 Å². The van der Waals surface area contributed by atoms with E-state index in [-0.39, 0.29) is 0 Å². The van der Waals surface area contributed by atoms with Gasteiger partial charge < -0.3 is 4.74 Å². The second-order valence-corrected chi connectivity index (χ2v) is 2.89. The standard InChI is InChI=1S/C10H8N2O3/c1-2-15-7-5-3-4-6-8(7)12-10(14)9(13)11-6/h3-5H,2H2,1H3. The Balaban J connectivity index is 2.72. The maximum Gasteiger partial charge on any atom is 0.338 e. The van der Waals surface area contributed by atoms with Crippen LogP contribution in [0.3, 0.4) is 0 Å². The average molecular weight is 204 g/mol. The predicted molar refractivity (Wildman–Crippen MR) is 49.9 cm³/mol. The van der Waals surface area contributed by atoms with E-state index in [1.54, 1.807) is 18.2 Å². The van der Waals surface area contributed by atoms with E-state index in [1.807, 2.05) is 6.92 Å². The Morgan fingerprint density at radius 3 is 2.67 bits per heavy atom. The van der Waals surface area contributed by atoms with Crippen molar-refractivity contribution in [3.8, 4) is 5.75 Å². The van der Waals surface area contributed by atoms with Crippen molar-refractivity contribution in [2.45, 2.75) is 6.92 Å². The molecule has 0 spiro atoms. The van der Waals surface area contributed by atoms with E-state index in [0.717, 1.165) is 0 Å². The highest BCUT2D eigenvalue weighted by Crippen LogP contribution is 2.00. The molecule has 0 N–H and O–H groups in total. The van der Waals surface area contributed by atoms with Crippen molar-refractivity contribution < 1.29 is 14.3 Å². The lowest BCUT2D eigenvalue weighted by atomic mass is 10.3. The van der Waals surface area contributed by atoms with Gasteiger partial charge in [0.25, 0.3) is 0 Å². The van der Waals surface area contributed by atoms with E-state index in [4.69, 9.17) is 4.74 Å². The molecule has 1 aromatic carbocycles. The smallest absolute Gasteiger partial charge is 0.338 e. The lowest BCUT2D eigenvalue weighted by Crippen LogP contribution is -2.35. The number of fused-ring (bicyclic) bond motifs is 1. The van der Waals surface area contributed by atoms with E-state index in [1.165, 1.54) is 0 Å². The van der Waals surface area contributed by atoms with Crippen LogP contribution in [0.15, 0.2) is 28.2 Å². The quantitative estimate of drug-likeness (QED) is 0.603. The Labute approximate surface area is 85.1 Å². The fourth-order valence-electron chi connectivity index (χ4n) is 1.29. The molecule has 0 saturated heterocycles. The molecule has 2 amide bonds. The number of benzene rings is 1. The van der Waals surface area contributed by atoms with E-state index < -0.39 is 11.8 Å². The van der Waals surface area contributed by atoms with E-state index >= 15 is 0 Å². The van der Waals surface area contributed by atoms with E-state index in [2.05, 4.69) is 9.98 Å². The predicted octanol–water partition coefficient (Wildman–Crippen LogP) is -0.609. The van der Waals surface area contributed by atoms with Crippen LogP contribution in [0, 0.1) is 0 Å². The molecular weight excluding hydrogens is 196 g/mol. The van der Waals surface area contributed by atoms with Gasteiger partial charge in [0.15, 0.2) is 0 Å². The summed E-state index contributed by atoms with van der Waals surface area (Å²) in [6, 6.07) is 5.00. The number of ether oxygens (including phenoxy) is 1. The van der Waals surface area contributed by atoms with Crippen LogP contribution in [0.2, 0.25) is 0 Å². The summed E-state index contributed by atoms with van der Waals surface area (Å²) in [4.78, 5) is 29.3. The molecule has 0 unspecified atom stereocenters. The summed E-state index contributed by atoms with van der Waals surface area (Å²) < 4.78 is 5.27. The van der Waals surface area contributed by atoms with Crippen LogP contribution in [-0.2, 0) is 9.59 Å². The molecule has 1 aliphatic rings. The molecular formula is C10H8N2O3. The molecule has 0 saturated carbocycles. The highest BCUT2D eigenvalue weighted by Gasteiger charge is 2.16. The van der Waals surface area contributed by atoms with Gasteiger partial charge in [0.1, 0.15) is 11.1 Å². The molecule has 1 heterocycles. The third kappa shape index (κ3) is 1.63. The number of carbonyl (C=O) groups is 2. The summed E-state index contributed by atoms with van der Waals surface area (Å²) in [5, 5.41) is 0.717. The van der Waals surface area contributed by atoms with Crippen LogP contribution >= 0.6 is 0 Å². The molecule has 0 fully saturated rings. The fraction of sp³-hybridized carbons (Fsp3) is 0.200. The molecule has 0 aromatic heterocycles. The molecule has 5 heteroatoms. The molecule has 2 rings (SSSR count). The van der Waals surface area contributed by atoms with Crippen LogP contribution in [0.25, 0.3) is 0 Å². The first-order chi connectivity index (χ1) is 7.22. The highest BCUT2D eigenvalue weighted by atomic mass is 16.5. The summed E-state index contributed by atoms with van der Waals surface area (Å²) in [7, 11) is 0. The van der Waals surface area contributed by atoms with Gasteiger partial charge in [-0.2, -0.15) is 4.99 Å². The Kier molecular flexibility index (Phi) is 2.29. The van der Waals surface area contributed by atoms with E-state index in [0.29, 0.717) is 23.1 Å². The van der Waals surface area contributed by atoms with Crippen molar-refractivity contribution in [1.82, 2.24) is 0 Å². The van der Waals surface area contributed by atoms with Gasteiger partial charge in [0, 0.05) is 0 Å². The maximum absolute atomic E-state index is 11.0. The fourth-order valence-corrected chi connectivity index (χ4v) is 1.29. The number of nitrogens with zero attached hydrogens (tertiary/aromatic N) is 2. The van der Waals surface area contributed by atoms with Crippen molar-refractivity contribution >= 4 is 11.8 Å². The molecule has 76 valence electrons. The number of para-hydroxylation sites is 1. The van der Waals surface area contributed by atoms with Crippen LogP contribution in [0.4, 0.5) is 0 Å². The Morgan fingerprint density at radius 2 is 1.93 bits per heavy atom. The third-order valence-corrected chi connectivity index (χ3v) is 1.90. The first-order valence-electron chi connectivity index (χ1n) is 4.50. The Morgan fingerprint density at radius 1 is 1.20 bits per heavy atom. The number of rotatable bonds is 2. The molecule has 15 heavy (non-hydrogen) atoms. The van der Waals surface area contributed by atoms with Gasteiger partial charge in [-0.1, -0.05) is 6.07 Å². The average Bonchev–Trinajstić information content (AvgIpc) is 2.21. The normalized spacial score (nSPS) is 13.9. The van der Waals surface area contributed by atoms with Crippen molar-refractivity contribution in [2.75, 3.05) is 6.61 Å². The van der Waals surface area contributed by atoms with Gasteiger partial charge >= 0.3 is 11.8 Å². The molecule has 1 aliphatic heterocycles. The topological polar surface area (TPSA) is 68.1 Å².